The van der Waals surface area contributed by atoms with Crippen molar-refractivity contribution in [1.82, 2.24) is 9.80 Å². The molecule has 2 N–H and O–H groups in total. The summed E-state index contributed by atoms with van der Waals surface area (Å²) >= 11 is 0. The van der Waals surface area contributed by atoms with Crippen LogP contribution in [-0.4, -0.2) is 55.6 Å². The average molecular weight is 239 g/mol. The zero-order valence-corrected chi connectivity index (χ0v) is 11.6. The van der Waals surface area contributed by atoms with Crippen LogP contribution >= 0.6 is 0 Å². The molecule has 1 aliphatic heterocycles. The summed E-state index contributed by atoms with van der Waals surface area (Å²) < 4.78 is 0. The van der Waals surface area contributed by atoms with Gasteiger partial charge in [-0.1, -0.05) is 6.92 Å². The van der Waals surface area contributed by atoms with Gasteiger partial charge in [-0.25, -0.2) is 0 Å². The Balaban J connectivity index is 1.93. The maximum Gasteiger partial charge on any atom is 0.0220 e. The van der Waals surface area contributed by atoms with Crippen molar-refractivity contribution in [3.05, 3.63) is 0 Å². The molecule has 0 aromatic heterocycles. The van der Waals surface area contributed by atoms with Crippen LogP contribution < -0.4 is 5.73 Å². The van der Waals surface area contributed by atoms with Crippen LogP contribution in [0.25, 0.3) is 0 Å². The summed E-state index contributed by atoms with van der Waals surface area (Å²) in [6.45, 7) is 8.29. The Hall–Kier alpha value is -0.120. The molecule has 1 aliphatic carbocycles. The molecule has 1 saturated heterocycles. The Morgan fingerprint density at radius 1 is 1.29 bits per heavy atom. The van der Waals surface area contributed by atoms with Crippen molar-refractivity contribution in [3.8, 4) is 0 Å². The Bertz CT molecular complexity index is 238. The molecule has 17 heavy (non-hydrogen) atoms. The highest BCUT2D eigenvalue weighted by Crippen LogP contribution is 2.49. The second-order valence-corrected chi connectivity index (χ2v) is 6.19. The SMILES string of the molecule is CCC1CN(C)CCCN1CC1(CCN)CC1. The highest BCUT2D eigenvalue weighted by atomic mass is 15.2. The molecule has 0 aromatic rings. The van der Waals surface area contributed by atoms with Crippen molar-refractivity contribution < 1.29 is 0 Å². The summed E-state index contributed by atoms with van der Waals surface area (Å²) in [5.74, 6) is 0. The molecule has 2 aliphatic rings. The van der Waals surface area contributed by atoms with Crippen molar-refractivity contribution in [3.63, 3.8) is 0 Å². The molecule has 100 valence electrons. The average Bonchev–Trinajstić information content (AvgIpc) is 3.06. The lowest BCUT2D eigenvalue weighted by atomic mass is 10.00. The fourth-order valence-corrected chi connectivity index (χ4v) is 3.29. The fourth-order valence-electron chi connectivity index (χ4n) is 3.29. The minimum absolute atomic E-state index is 0.602. The van der Waals surface area contributed by atoms with Crippen LogP contribution in [0.3, 0.4) is 0 Å². The molecule has 1 saturated carbocycles. The third kappa shape index (κ3) is 3.43. The van der Waals surface area contributed by atoms with Crippen LogP contribution in [0.2, 0.25) is 0 Å². The number of hydrogen-bond acceptors (Lipinski definition) is 3. The lowest BCUT2D eigenvalue weighted by Gasteiger charge is -2.33. The monoisotopic (exact) mass is 239 g/mol. The van der Waals surface area contributed by atoms with Gasteiger partial charge in [0.15, 0.2) is 0 Å². The zero-order chi connectivity index (χ0) is 12.3. The minimum Gasteiger partial charge on any atom is -0.330 e. The molecule has 0 radical (unpaired) electrons. The van der Waals surface area contributed by atoms with Crippen molar-refractivity contribution in [2.24, 2.45) is 11.1 Å². The van der Waals surface area contributed by atoms with Crippen molar-refractivity contribution in [2.75, 3.05) is 39.8 Å². The first-order chi connectivity index (χ1) is 8.19. The van der Waals surface area contributed by atoms with E-state index in [0.29, 0.717) is 5.41 Å². The third-order valence-electron chi connectivity index (χ3n) is 4.67. The lowest BCUT2D eigenvalue weighted by molar-refractivity contribution is 0.147. The van der Waals surface area contributed by atoms with Crippen molar-refractivity contribution >= 4 is 0 Å². The molecule has 2 fully saturated rings. The topological polar surface area (TPSA) is 32.5 Å². The van der Waals surface area contributed by atoms with Crippen LogP contribution in [0, 0.1) is 5.41 Å². The molecule has 1 heterocycles. The van der Waals surface area contributed by atoms with Gasteiger partial charge in [0.2, 0.25) is 0 Å². The van der Waals surface area contributed by atoms with Gasteiger partial charge in [-0.05, 0) is 64.2 Å². The number of rotatable bonds is 5. The van der Waals surface area contributed by atoms with Gasteiger partial charge in [0.25, 0.3) is 0 Å². The molecule has 1 unspecified atom stereocenters. The van der Waals surface area contributed by atoms with E-state index in [0.717, 1.165) is 12.6 Å². The van der Waals surface area contributed by atoms with Gasteiger partial charge < -0.3 is 10.6 Å². The molecule has 2 rings (SSSR count). The normalized spacial score (nSPS) is 30.2. The number of hydrogen-bond donors (Lipinski definition) is 1. The van der Waals surface area contributed by atoms with Crippen LogP contribution in [0.5, 0.6) is 0 Å². The number of nitrogens with two attached hydrogens (primary N) is 1. The van der Waals surface area contributed by atoms with E-state index in [4.69, 9.17) is 5.73 Å². The summed E-state index contributed by atoms with van der Waals surface area (Å²) in [7, 11) is 2.26. The van der Waals surface area contributed by atoms with Gasteiger partial charge in [0.1, 0.15) is 0 Å². The van der Waals surface area contributed by atoms with E-state index in [2.05, 4.69) is 23.8 Å². The maximum atomic E-state index is 5.75. The van der Waals surface area contributed by atoms with Gasteiger partial charge in [0, 0.05) is 19.1 Å². The van der Waals surface area contributed by atoms with E-state index in [-0.39, 0.29) is 0 Å². The maximum absolute atomic E-state index is 5.75. The van der Waals surface area contributed by atoms with Crippen LogP contribution in [0.15, 0.2) is 0 Å². The predicted molar refractivity (Wildman–Crippen MR) is 73.1 cm³/mol. The van der Waals surface area contributed by atoms with Crippen LogP contribution in [0.1, 0.15) is 39.0 Å². The number of nitrogens with zero attached hydrogens (tertiary/aromatic N) is 2. The Morgan fingerprint density at radius 3 is 2.65 bits per heavy atom. The first-order valence-electron chi connectivity index (χ1n) is 7.32. The first kappa shape index (κ1) is 13.3. The molecular weight excluding hydrogens is 210 g/mol. The van der Waals surface area contributed by atoms with E-state index in [1.165, 1.54) is 58.3 Å². The van der Waals surface area contributed by atoms with Gasteiger partial charge >= 0.3 is 0 Å². The van der Waals surface area contributed by atoms with Gasteiger partial charge in [0.05, 0.1) is 0 Å². The molecule has 1 atom stereocenters. The van der Waals surface area contributed by atoms with E-state index in [1.807, 2.05) is 0 Å². The standard InChI is InChI=1S/C14H29N3/c1-3-13-11-16(2)9-4-10-17(13)12-14(5-6-14)7-8-15/h13H,3-12,15H2,1-2H3. The number of likely N-dealkylation sites (N-methyl/N-ethyl adjacent to an activating group) is 1. The van der Waals surface area contributed by atoms with E-state index < -0.39 is 0 Å². The van der Waals surface area contributed by atoms with Crippen LogP contribution in [0.4, 0.5) is 0 Å². The Morgan fingerprint density at radius 2 is 2.06 bits per heavy atom. The quantitative estimate of drug-likeness (QED) is 0.790. The summed E-state index contributed by atoms with van der Waals surface area (Å²) in [4.78, 5) is 5.25. The second-order valence-electron chi connectivity index (χ2n) is 6.19. The molecule has 0 spiro atoms. The summed E-state index contributed by atoms with van der Waals surface area (Å²) in [5.41, 5.74) is 6.36. The zero-order valence-electron chi connectivity index (χ0n) is 11.6. The van der Waals surface area contributed by atoms with E-state index in [1.54, 1.807) is 0 Å². The summed E-state index contributed by atoms with van der Waals surface area (Å²) in [6, 6.07) is 0.762. The Labute approximate surface area is 106 Å². The predicted octanol–water partition coefficient (Wildman–Crippen LogP) is 1.53. The molecule has 0 bridgehead atoms. The highest BCUT2D eigenvalue weighted by Gasteiger charge is 2.43. The highest BCUT2D eigenvalue weighted by molar-refractivity contribution is 4.97. The second kappa shape index (κ2) is 5.68. The van der Waals surface area contributed by atoms with Crippen molar-refractivity contribution in [2.45, 2.75) is 45.1 Å². The van der Waals surface area contributed by atoms with Crippen LogP contribution in [-0.2, 0) is 0 Å². The van der Waals surface area contributed by atoms with Gasteiger partial charge in [-0.3, -0.25) is 4.90 Å². The largest absolute Gasteiger partial charge is 0.330 e. The van der Waals surface area contributed by atoms with E-state index >= 15 is 0 Å². The Kier molecular flexibility index (Phi) is 4.45. The molecule has 3 nitrogen and oxygen atoms in total. The first-order valence-corrected chi connectivity index (χ1v) is 7.32. The van der Waals surface area contributed by atoms with Gasteiger partial charge in [-0.2, -0.15) is 0 Å². The molecule has 0 amide bonds. The third-order valence-corrected chi connectivity index (χ3v) is 4.67. The molecule has 0 aromatic carbocycles. The summed E-state index contributed by atoms with van der Waals surface area (Å²) in [6.07, 6.45) is 6.66. The molecule has 3 heteroatoms. The van der Waals surface area contributed by atoms with E-state index in [9.17, 15) is 0 Å². The summed E-state index contributed by atoms with van der Waals surface area (Å²) in [5, 5.41) is 0. The molecular formula is C14H29N3. The smallest absolute Gasteiger partial charge is 0.0220 e. The fraction of sp³-hybridized carbons (Fsp3) is 1.00. The minimum atomic E-state index is 0.602. The lowest BCUT2D eigenvalue weighted by Crippen LogP contribution is -2.43. The van der Waals surface area contributed by atoms with Crippen molar-refractivity contribution in [1.29, 1.82) is 0 Å². The van der Waals surface area contributed by atoms with Gasteiger partial charge in [-0.15, -0.1) is 0 Å².